The molecule has 0 unspecified atom stereocenters. The fourth-order valence-electron chi connectivity index (χ4n) is 2.28. The molecule has 110 valence electrons. The monoisotopic (exact) mass is 277 g/mol. The molecule has 4 heteroatoms. The van der Waals surface area contributed by atoms with Crippen molar-refractivity contribution < 1.29 is 14.3 Å². The van der Waals surface area contributed by atoms with Gasteiger partial charge in [-0.25, -0.2) is 4.79 Å². The highest BCUT2D eigenvalue weighted by Gasteiger charge is 2.32. The van der Waals surface area contributed by atoms with Crippen molar-refractivity contribution in [3.63, 3.8) is 0 Å². The third-order valence-corrected chi connectivity index (χ3v) is 3.19. The lowest BCUT2D eigenvalue weighted by Gasteiger charge is -2.28. The zero-order valence-corrected chi connectivity index (χ0v) is 12.5. The van der Waals surface area contributed by atoms with Crippen molar-refractivity contribution in [3.05, 3.63) is 30.3 Å². The number of likely N-dealkylation sites (tertiary alicyclic amines) is 1. The van der Waals surface area contributed by atoms with Gasteiger partial charge in [0.1, 0.15) is 18.0 Å². The van der Waals surface area contributed by atoms with Crippen molar-refractivity contribution in [2.75, 3.05) is 13.2 Å². The van der Waals surface area contributed by atoms with E-state index in [0.29, 0.717) is 6.61 Å². The predicted molar refractivity (Wildman–Crippen MR) is 77.9 cm³/mol. The average Bonchev–Trinajstić information content (AvgIpc) is 2.84. The standard InChI is InChI=1S/C16H23NO3/c1-16(2,3)20-15(18)17-11-7-8-13(17)12-19-14-9-5-4-6-10-14/h4-6,9-10,13H,7-8,11-12H2,1-3H3/t13-/m0/s1. The zero-order chi connectivity index (χ0) is 14.6. The van der Waals surface area contributed by atoms with Crippen LogP contribution in [-0.4, -0.2) is 35.8 Å². The first kappa shape index (κ1) is 14.7. The van der Waals surface area contributed by atoms with Crippen molar-refractivity contribution in [1.29, 1.82) is 0 Å². The van der Waals surface area contributed by atoms with Crippen molar-refractivity contribution in [3.8, 4) is 5.75 Å². The minimum Gasteiger partial charge on any atom is -0.491 e. The molecule has 0 aliphatic carbocycles. The normalized spacial score (nSPS) is 18.9. The summed E-state index contributed by atoms with van der Waals surface area (Å²) in [5, 5.41) is 0. The summed E-state index contributed by atoms with van der Waals surface area (Å²) in [6, 6.07) is 9.78. The summed E-state index contributed by atoms with van der Waals surface area (Å²) in [5.41, 5.74) is -0.454. The lowest BCUT2D eigenvalue weighted by atomic mass is 10.2. The molecule has 0 spiro atoms. The Kier molecular flexibility index (Phi) is 4.53. The highest BCUT2D eigenvalue weighted by Crippen LogP contribution is 2.22. The van der Waals surface area contributed by atoms with Crippen LogP contribution in [0.25, 0.3) is 0 Å². The van der Waals surface area contributed by atoms with E-state index in [2.05, 4.69) is 0 Å². The van der Waals surface area contributed by atoms with Crippen LogP contribution in [0.5, 0.6) is 5.75 Å². The van der Waals surface area contributed by atoms with Crippen molar-refractivity contribution in [2.24, 2.45) is 0 Å². The van der Waals surface area contributed by atoms with Gasteiger partial charge in [0.25, 0.3) is 0 Å². The minimum absolute atomic E-state index is 0.102. The maximum atomic E-state index is 12.1. The van der Waals surface area contributed by atoms with Gasteiger partial charge in [0.2, 0.25) is 0 Å². The minimum atomic E-state index is -0.454. The second-order valence-corrected chi connectivity index (χ2v) is 6.09. The van der Waals surface area contributed by atoms with Gasteiger partial charge in [0, 0.05) is 6.54 Å². The highest BCUT2D eigenvalue weighted by molar-refractivity contribution is 5.69. The summed E-state index contributed by atoms with van der Waals surface area (Å²) in [4.78, 5) is 13.9. The van der Waals surface area contributed by atoms with Crippen LogP contribution in [-0.2, 0) is 4.74 Å². The molecule has 1 aliphatic heterocycles. The molecule has 0 aromatic heterocycles. The topological polar surface area (TPSA) is 38.8 Å². The number of amides is 1. The lowest BCUT2D eigenvalue weighted by molar-refractivity contribution is 0.0187. The van der Waals surface area contributed by atoms with E-state index < -0.39 is 5.60 Å². The molecule has 0 saturated carbocycles. The maximum absolute atomic E-state index is 12.1. The van der Waals surface area contributed by atoms with E-state index in [-0.39, 0.29) is 12.1 Å². The molecule has 1 heterocycles. The molecular weight excluding hydrogens is 254 g/mol. The number of carbonyl (C=O) groups excluding carboxylic acids is 1. The Morgan fingerprint density at radius 1 is 1.30 bits per heavy atom. The van der Waals surface area contributed by atoms with Crippen LogP contribution < -0.4 is 4.74 Å². The van der Waals surface area contributed by atoms with Crippen LogP contribution in [0.1, 0.15) is 33.6 Å². The molecule has 1 saturated heterocycles. The van der Waals surface area contributed by atoms with Crippen LogP contribution in [0.4, 0.5) is 4.79 Å². The summed E-state index contributed by atoms with van der Waals surface area (Å²) in [6.07, 6.45) is 1.73. The van der Waals surface area contributed by atoms with Gasteiger partial charge in [-0.15, -0.1) is 0 Å². The Morgan fingerprint density at radius 2 is 2.00 bits per heavy atom. The SMILES string of the molecule is CC(C)(C)OC(=O)N1CCC[C@H]1COc1ccccc1. The van der Waals surface area contributed by atoms with Gasteiger partial charge in [-0.3, -0.25) is 0 Å². The predicted octanol–water partition coefficient (Wildman–Crippen LogP) is 3.46. The third-order valence-electron chi connectivity index (χ3n) is 3.19. The number of rotatable bonds is 3. The Bertz CT molecular complexity index is 439. The summed E-state index contributed by atoms with van der Waals surface area (Å²) < 4.78 is 11.2. The van der Waals surface area contributed by atoms with Gasteiger partial charge in [-0.1, -0.05) is 18.2 Å². The zero-order valence-electron chi connectivity index (χ0n) is 12.5. The van der Waals surface area contributed by atoms with Crippen LogP contribution >= 0.6 is 0 Å². The molecule has 1 aromatic carbocycles. The van der Waals surface area contributed by atoms with Gasteiger partial charge in [0.15, 0.2) is 0 Å². The van der Waals surface area contributed by atoms with Gasteiger partial charge >= 0.3 is 6.09 Å². The van der Waals surface area contributed by atoms with Gasteiger partial charge < -0.3 is 14.4 Å². The van der Waals surface area contributed by atoms with E-state index in [1.165, 1.54) is 0 Å². The molecule has 1 aromatic rings. The highest BCUT2D eigenvalue weighted by atomic mass is 16.6. The molecule has 1 aliphatic rings. The summed E-state index contributed by atoms with van der Waals surface area (Å²) in [5.74, 6) is 0.837. The Labute approximate surface area is 120 Å². The molecule has 0 radical (unpaired) electrons. The largest absolute Gasteiger partial charge is 0.491 e. The smallest absolute Gasteiger partial charge is 0.410 e. The molecule has 0 N–H and O–H groups in total. The number of ether oxygens (including phenoxy) is 2. The van der Waals surface area contributed by atoms with Crippen LogP contribution in [0, 0.1) is 0 Å². The van der Waals surface area contributed by atoms with E-state index in [1.54, 1.807) is 4.90 Å². The van der Waals surface area contributed by atoms with E-state index in [1.807, 2.05) is 51.1 Å². The van der Waals surface area contributed by atoms with Crippen molar-refractivity contribution in [1.82, 2.24) is 4.90 Å². The van der Waals surface area contributed by atoms with Gasteiger partial charge in [0.05, 0.1) is 6.04 Å². The number of nitrogens with zero attached hydrogens (tertiary/aromatic N) is 1. The second kappa shape index (κ2) is 6.16. The Morgan fingerprint density at radius 3 is 2.65 bits per heavy atom. The average molecular weight is 277 g/mol. The van der Waals surface area contributed by atoms with Crippen LogP contribution in [0.3, 0.4) is 0 Å². The lowest BCUT2D eigenvalue weighted by Crippen LogP contribution is -2.42. The fourth-order valence-corrected chi connectivity index (χ4v) is 2.28. The molecule has 0 bridgehead atoms. The third kappa shape index (κ3) is 4.15. The number of benzene rings is 1. The fraction of sp³-hybridized carbons (Fsp3) is 0.562. The summed E-state index contributed by atoms with van der Waals surface area (Å²) in [7, 11) is 0. The van der Waals surface area contributed by atoms with Crippen molar-refractivity contribution >= 4 is 6.09 Å². The summed E-state index contributed by atoms with van der Waals surface area (Å²) in [6.45, 7) is 6.92. The first-order chi connectivity index (χ1) is 9.46. The first-order valence-corrected chi connectivity index (χ1v) is 7.13. The number of hydrogen-bond donors (Lipinski definition) is 0. The van der Waals surface area contributed by atoms with E-state index in [4.69, 9.17) is 9.47 Å². The molecule has 1 amide bonds. The quantitative estimate of drug-likeness (QED) is 0.849. The number of para-hydroxylation sites is 1. The number of hydrogen-bond acceptors (Lipinski definition) is 3. The van der Waals surface area contributed by atoms with E-state index in [9.17, 15) is 4.79 Å². The maximum Gasteiger partial charge on any atom is 0.410 e. The van der Waals surface area contributed by atoms with Crippen LogP contribution in [0.2, 0.25) is 0 Å². The van der Waals surface area contributed by atoms with Gasteiger partial charge in [-0.05, 0) is 45.7 Å². The van der Waals surface area contributed by atoms with Crippen molar-refractivity contribution in [2.45, 2.75) is 45.3 Å². The van der Waals surface area contributed by atoms with E-state index in [0.717, 1.165) is 25.1 Å². The Hall–Kier alpha value is -1.71. The Balaban J connectivity index is 1.89. The summed E-state index contributed by atoms with van der Waals surface area (Å²) >= 11 is 0. The first-order valence-electron chi connectivity index (χ1n) is 7.13. The molecule has 1 atom stereocenters. The molecule has 20 heavy (non-hydrogen) atoms. The second-order valence-electron chi connectivity index (χ2n) is 6.09. The van der Waals surface area contributed by atoms with Gasteiger partial charge in [-0.2, -0.15) is 0 Å². The van der Waals surface area contributed by atoms with E-state index >= 15 is 0 Å². The molecule has 2 rings (SSSR count). The molecule has 4 nitrogen and oxygen atoms in total. The molecular formula is C16H23NO3. The molecule has 1 fully saturated rings. The number of carbonyl (C=O) groups is 1. The van der Waals surface area contributed by atoms with Crippen LogP contribution in [0.15, 0.2) is 30.3 Å².